The van der Waals surface area contributed by atoms with E-state index in [1.807, 2.05) is 11.8 Å². The van der Waals surface area contributed by atoms with Gasteiger partial charge in [0.2, 0.25) is 0 Å². The Bertz CT molecular complexity index is 597. The maximum Gasteiger partial charge on any atom is 0.317 e. The number of esters is 1. The fourth-order valence-electron chi connectivity index (χ4n) is 3.53. The maximum atomic E-state index is 12.5. The minimum Gasteiger partial charge on any atom is -0.480 e. The zero-order valence-electron chi connectivity index (χ0n) is 15.4. The lowest BCUT2D eigenvalue weighted by Gasteiger charge is -2.43. The molecule has 2 fully saturated rings. The summed E-state index contributed by atoms with van der Waals surface area (Å²) in [5, 5.41) is 8.91. The number of carbonyl (C=O) groups excluding carboxylic acids is 1. The van der Waals surface area contributed by atoms with Crippen molar-refractivity contribution in [3.05, 3.63) is 0 Å². The molecule has 26 heavy (non-hydrogen) atoms. The van der Waals surface area contributed by atoms with E-state index in [0.717, 1.165) is 0 Å². The third-order valence-electron chi connectivity index (χ3n) is 5.10. The van der Waals surface area contributed by atoms with Crippen LogP contribution in [0.1, 0.15) is 39.5 Å². The van der Waals surface area contributed by atoms with Gasteiger partial charge in [-0.1, -0.05) is 6.92 Å². The van der Waals surface area contributed by atoms with Crippen LogP contribution >= 0.6 is 0 Å². The summed E-state index contributed by atoms with van der Waals surface area (Å²) in [6.45, 7) is 5.18. The van der Waals surface area contributed by atoms with E-state index < -0.39 is 16.2 Å². The number of carbonyl (C=O) groups is 2. The molecule has 0 aromatic rings. The van der Waals surface area contributed by atoms with E-state index in [2.05, 4.69) is 4.72 Å². The van der Waals surface area contributed by atoms with Crippen molar-refractivity contribution >= 4 is 22.1 Å². The molecule has 1 aliphatic carbocycles. The molecule has 0 aromatic carbocycles. The Labute approximate surface area is 154 Å². The SMILES string of the molecule is CCOC(=O)C1CCN(S(=O)(=O)NC2CC(N(CC)CC(=O)O)C2)CC1. The molecule has 2 rings (SSSR count). The van der Waals surface area contributed by atoms with Crippen LogP contribution in [-0.4, -0.2) is 79.5 Å². The molecule has 150 valence electrons. The molecule has 0 aromatic heterocycles. The van der Waals surface area contributed by atoms with Crippen molar-refractivity contribution in [1.82, 2.24) is 13.9 Å². The number of hydrogen-bond donors (Lipinski definition) is 2. The van der Waals surface area contributed by atoms with Crippen LogP contribution in [0.5, 0.6) is 0 Å². The van der Waals surface area contributed by atoms with Crippen LogP contribution in [-0.2, 0) is 24.5 Å². The molecule has 0 spiro atoms. The number of likely N-dealkylation sites (N-methyl/N-ethyl adjacent to an activating group) is 1. The van der Waals surface area contributed by atoms with Crippen LogP contribution < -0.4 is 4.72 Å². The van der Waals surface area contributed by atoms with Gasteiger partial charge in [-0.2, -0.15) is 17.4 Å². The highest BCUT2D eigenvalue weighted by Crippen LogP contribution is 2.27. The second kappa shape index (κ2) is 9.12. The fourth-order valence-corrected chi connectivity index (χ4v) is 4.99. The zero-order valence-corrected chi connectivity index (χ0v) is 16.2. The van der Waals surface area contributed by atoms with Gasteiger partial charge < -0.3 is 9.84 Å². The molecule has 0 bridgehead atoms. The minimum atomic E-state index is -3.59. The van der Waals surface area contributed by atoms with Gasteiger partial charge >= 0.3 is 11.9 Å². The summed E-state index contributed by atoms with van der Waals surface area (Å²) in [6, 6.07) is -0.0750. The van der Waals surface area contributed by atoms with Gasteiger partial charge in [0.25, 0.3) is 10.2 Å². The predicted octanol–water partition coefficient (Wildman–Crippen LogP) is 0.0334. The van der Waals surface area contributed by atoms with Gasteiger partial charge in [0.15, 0.2) is 0 Å². The summed E-state index contributed by atoms with van der Waals surface area (Å²) in [4.78, 5) is 24.4. The lowest BCUT2D eigenvalue weighted by atomic mass is 9.86. The number of nitrogens with one attached hydrogen (secondary N) is 1. The lowest BCUT2D eigenvalue weighted by molar-refractivity contribution is -0.149. The van der Waals surface area contributed by atoms with Gasteiger partial charge in [-0.25, -0.2) is 0 Å². The molecule has 0 unspecified atom stereocenters. The van der Waals surface area contributed by atoms with Crippen molar-refractivity contribution in [3.63, 3.8) is 0 Å². The molecule has 9 nitrogen and oxygen atoms in total. The number of carboxylic acids is 1. The Morgan fingerprint density at radius 1 is 1.23 bits per heavy atom. The van der Waals surface area contributed by atoms with Gasteiger partial charge in [0, 0.05) is 25.2 Å². The Balaban J connectivity index is 1.78. The van der Waals surface area contributed by atoms with Crippen molar-refractivity contribution in [2.75, 3.05) is 32.8 Å². The van der Waals surface area contributed by atoms with Crippen LogP contribution in [0.4, 0.5) is 0 Å². The monoisotopic (exact) mass is 391 g/mol. The molecule has 2 aliphatic rings. The van der Waals surface area contributed by atoms with Crippen molar-refractivity contribution < 1.29 is 27.9 Å². The first-order valence-electron chi connectivity index (χ1n) is 9.16. The maximum absolute atomic E-state index is 12.5. The quantitative estimate of drug-likeness (QED) is 0.533. The average Bonchev–Trinajstić information content (AvgIpc) is 2.56. The smallest absolute Gasteiger partial charge is 0.317 e. The van der Waals surface area contributed by atoms with Crippen LogP contribution in [0.25, 0.3) is 0 Å². The first-order valence-corrected chi connectivity index (χ1v) is 10.6. The summed E-state index contributed by atoms with van der Waals surface area (Å²) in [5.41, 5.74) is 0. The number of ether oxygens (including phenoxy) is 1. The molecule has 1 aliphatic heterocycles. The highest BCUT2D eigenvalue weighted by Gasteiger charge is 2.38. The third kappa shape index (κ3) is 5.38. The Morgan fingerprint density at radius 3 is 2.35 bits per heavy atom. The second-order valence-electron chi connectivity index (χ2n) is 6.83. The standard InChI is InChI=1S/C16H29N3O6S/c1-3-18(11-15(20)21)14-9-13(10-14)17-26(23,24)19-7-5-12(6-8-19)16(22)25-4-2/h12-14,17H,3-11H2,1-2H3,(H,20,21). The highest BCUT2D eigenvalue weighted by molar-refractivity contribution is 7.87. The summed E-state index contributed by atoms with van der Waals surface area (Å²) in [5.74, 6) is -1.36. The van der Waals surface area contributed by atoms with E-state index in [1.54, 1.807) is 6.92 Å². The van der Waals surface area contributed by atoms with Crippen LogP contribution in [0.3, 0.4) is 0 Å². The van der Waals surface area contributed by atoms with Gasteiger partial charge in [0.1, 0.15) is 0 Å². The van der Waals surface area contributed by atoms with Crippen LogP contribution in [0.2, 0.25) is 0 Å². The summed E-state index contributed by atoms with van der Waals surface area (Å²) in [6.07, 6.45) is 2.16. The van der Waals surface area contributed by atoms with E-state index in [9.17, 15) is 18.0 Å². The molecule has 2 N–H and O–H groups in total. The van der Waals surface area contributed by atoms with Crippen molar-refractivity contribution in [3.8, 4) is 0 Å². The fraction of sp³-hybridized carbons (Fsp3) is 0.875. The zero-order chi connectivity index (χ0) is 19.3. The predicted molar refractivity (Wildman–Crippen MR) is 94.7 cm³/mol. The van der Waals surface area contributed by atoms with Gasteiger partial charge in [-0.3, -0.25) is 14.5 Å². The van der Waals surface area contributed by atoms with E-state index >= 15 is 0 Å². The number of nitrogens with zero attached hydrogens (tertiary/aromatic N) is 2. The molecule has 0 amide bonds. The van der Waals surface area contributed by atoms with Crippen molar-refractivity contribution in [2.45, 2.75) is 51.6 Å². The molecule has 0 atom stereocenters. The van der Waals surface area contributed by atoms with E-state index in [4.69, 9.17) is 9.84 Å². The Morgan fingerprint density at radius 2 is 1.85 bits per heavy atom. The largest absolute Gasteiger partial charge is 0.480 e. The van der Waals surface area contributed by atoms with Crippen LogP contribution in [0, 0.1) is 5.92 Å². The van der Waals surface area contributed by atoms with E-state index in [-0.39, 0.29) is 30.5 Å². The molecule has 1 saturated carbocycles. The van der Waals surface area contributed by atoms with Gasteiger partial charge in [-0.05, 0) is 39.2 Å². The number of carboxylic acid groups (broad SMARTS) is 1. The Hall–Kier alpha value is -1.23. The summed E-state index contributed by atoms with van der Waals surface area (Å²) < 4.78 is 34.1. The highest BCUT2D eigenvalue weighted by atomic mass is 32.2. The second-order valence-corrected chi connectivity index (χ2v) is 8.53. The molecule has 1 saturated heterocycles. The normalized spacial score (nSPS) is 25.0. The molecule has 10 heteroatoms. The van der Waals surface area contributed by atoms with Crippen molar-refractivity contribution in [2.24, 2.45) is 5.92 Å². The van der Waals surface area contributed by atoms with E-state index in [0.29, 0.717) is 51.9 Å². The van der Waals surface area contributed by atoms with Crippen molar-refractivity contribution in [1.29, 1.82) is 0 Å². The number of hydrogen-bond acceptors (Lipinski definition) is 6. The molecular formula is C16H29N3O6S. The van der Waals surface area contributed by atoms with Gasteiger partial charge in [-0.15, -0.1) is 0 Å². The van der Waals surface area contributed by atoms with Gasteiger partial charge in [0.05, 0.1) is 19.1 Å². The van der Waals surface area contributed by atoms with Crippen LogP contribution in [0.15, 0.2) is 0 Å². The average molecular weight is 391 g/mol. The molecular weight excluding hydrogens is 362 g/mol. The molecule has 0 radical (unpaired) electrons. The van der Waals surface area contributed by atoms with E-state index in [1.165, 1.54) is 4.31 Å². The lowest BCUT2D eigenvalue weighted by Crippen LogP contribution is -2.57. The first-order chi connectivity index (χ1) is 12.3. The third-order valence-corrected chi connectivity index (χ3v) is 6.78. The first kappa shape index (κ1) is 21.1. The summed E-state index contributed by atoms with van der Waals surface area (Å²) >= 11 is 0. The minimum absolute atomic E-state index is 0.0258. The molecule has 1 heterocycles. The summed E-state index contributed by atoms with van der Waals surface area (Å²) in [7, 11) is -3.59. The topological polar surface area (TPSA) is 116 Å². The number of aliphatic carboxylic acids is 1. The number of piperidine rings is 1. The Kier molecular flexibility index (Phi) is 7.39. The number of rotatable bonds is 9.